The second-order valence-electron chi connectivity index (χ2n) is 18.4. The number of rotatable bonds is 6. The SMILES string of the molecule is Cc1cc(C)c(B(c2ccc3c(c2)Oc2cc(N4c5ccccc5S(c5ccccc5)(c5ccccc5)c5ccccc54)cc4c2B3c2ccccc2O4)c2c(C)cc(C)cc2C)c(C)c1. The number of anilines is 3. The van der Waals surface area contributed by atoms with Gasteiger partial charge >= 0.3 is 0 Å². The summed E-state index contributed by atoms with van der Waals surface area (Å²) < 4.78 is 14.3. The molecule has 0 saturated carbocycles. The molecule has 318 valence electrons. The van der Waals surface area contributed by atoms with Crippen molar-refractivity contribution >= 4 is 73.3 Å². The van der Waals surface area contributed by atoms with Crippen LogP contribution < -0.4 is 47.2 Å². The van der Waals surface area contributed by atoms with Gasteiger partial charge in [0.2, 0.25) is 6.71 Å². The molecule has 12 rings (SSSR count). The van der Waals surface area contributed by atoms with Gasteiger partial charge < -0.3 is 14.4 Å². The van der Waals surface area contributed by atoms with E-state index >= 15 is 0 Å². The first-order valence-electron chi connectivity index (χ1n) is 23.0. The van der Waals surface area contributed by atoms with E-state index in [2.05, 4.69) is 234 Å². The Labute approximate surface area is 391 Å². The predicted molar refractivity (Wildman–Crippen MR) is 278 cm³/mol. The average molecular weight is 870 g/mol. The Bertz CT molecular complexity index is 3230. The second kappa shape index (κ2) is 15.5. The number of aryl methyl sites for hydroxylation is 6. The van der Waals surface area contributed by atoms with E-state index in [-0.39, 0.29) is 13.4 Å². The van der Waals surface area contributed by atoms with Crippen LogP contribution in [0, 0.1) is 41.5 Å². The van der Waals surface area contributed by atoms with Crippen molar-refractivity contribution in [3.63, 3.8) is 0 Å². The fraction of sp³-hybridized carbons (Fsp3) is 0.100. The van der Waals surface area contributed by atoms with Gasteiger partial charge in [-0.2, -0.15) is 0 Å². The van der Waals surface area contributed by atoms with Gasteiger partial charge in [0.15, 0.2) is 0 Å². The third kappa shape index (κ3) is 6.08. The van der Waals surface area contributed by atoms with Crippen LogP contribution in [0.5, 0.6) is 23.0 Å². The summed E-state index contributed by atoms with van der Waals surface area (Å²) in [6.07, 6.45) is 0. The molecule has 0 radical (unpaired) electrons. The van der Waals surface area contributed by atoms with E-state index < -0.39 is 10.0 Å². The highest BCUT2D eigenvalue weighted by Gasteiger charge is 2.45. The van der Waals surface area contributed by atoms with Crippen LogP contribution in [0.15, 0.2) is 208 Å². The highest BCUT2D eigenvalue weighted by molar-refractivity contribution is 8.34. The van der Waals surface area contributed by atoms with Crippen LogP contribution in [-0.2, 0) is 0 Å². The minimum Gasteiger partial charge on any atom is -0.458 e. The van der Waals surface area contributed by atoms with Crippen LogP contribution in [0.1, 0.15) is 33.4 Å². The predicted octanol–water partition coefficient (Wildman–Crippen LogP) is 11.9. The Morgan fingerprint density at radius 3 is 1.42 bits per heavy atom. The lowest BCUT2D eigenvalue weighted by molar-refractivity contribution is 0.465. The van der Waals surface area contributed by atoms with Crippen molar-refractivity contribution in [3.8, 4) is 23.0 Å². The Morgan fingerprint density at radius 1 is 0.424 bits per heavy atom. The summed E-state index contributed by atoms with van der Waals surface area (Å²) in [5, 5.41) is 0. The number of ether oxygens (including phenoxy) is 2. The van der Waals surface area contributed by atoms with Crippen LogP contribution in [0.3, 0.4) is 0 Å². The molecule has 9 aromatic rings. The molecule has 0 atom stereocenters. The van der Waals surface area contributed by atoms with Gasteiger partial charge in [-0.15, -0.1) is 10.0 Å². The van der Waals surface area contributed by atoms with E-state index in [9.17, 15) is 0 Å². The van der Waals surface area contributed by atoms with Crippen molar-refractivity contribution in [2.45, 2.75) is 61.1 Å². The lowest BCUT2D eigenvalue weighted by atomic mass is 9.32. The monoisotopic (exact) mass is 869 g/mol. The number of hydrogen-bond donors (Lipinski definition) is 0. The summed E-state index contributed by atoms with van der Waals surface area (Å²) in [5.41, 5.74) is 18.4. The minimum absolute atomic E-state index is 0.0173. The molecule has 3 aliphatic rings. The molecule has 6 heteroatoms. The van der Waals surface area contributed by atoms with Crippen LogP contribution in [-0.4, -0.2) is 13.4 Å². The Hall–Kier alpha value is -7.14. The van der Waals surface area contributed by atoms with E-state index in [4.69, 9.17) is 9.47 Å². The lowest BCUT2D eigenvalue weighted by Crippen LogP contribution is -2.59. The second-order valence-corrected chi connectivity index (χ2v) is 21.4. The van der Waals surface area contributed by atoms with Crippen molar-refractivity contribution in [1.29, 1.82) is 0 Å². The van der Waals surface area contributed by atoms with Crippen LogP contribution in [0.4, 0.5) is 17.1 Å². The molecule has 0 aromatic heterocycles. The van der Waals surface area contributed by atoms with Crippen molar-refractivity contribution in [1.82, 2.24) is 0 Å². The summed E-state index contributed by atoms with van der Waals surface area (Å²) in [6, 6.07) is 69.6. The summed E-state index contributed by atoms with van der Waals surface area (Å²) in [5.74, 6) is 3.40. The summed E-state index contributed by atoms with van der Waals surface area (Å²) in [7, 11) is -1.91. The Morgan fingerprint density at radius 2 is 0.879 bits per heavy atom. The van der Waals surface area contributed by atoms with E-state index in [1.54, 1.807) is 0 Å². The molecule has 0 spiro atoms. The maximum atomic E-state index is 7.35. The van der Waals surface area contributed by atoms with Gasteiger partial charge in [-0.1, -0.05) is 165 Å². The van der Waals surface area contributed by atoms with Crippen molar-refractivity contribution < 1.29 is 9.47 Å². The molecule has 9 aromatic carbocycles. The van der Waals surface area contributed by atoms with E-state index in [0.29, 0.717) is 0 Å². The first-order chi connectivity index (χ1) is 32.2. The molecule has 0 unspecified atom stereocenters. The molecule has 0 N–H and O–H groups in total. The van der Waals surface area contributed by atoms with E-state index in [0.717, 1.165) is 56.4 Å². The first-order valence-corrected chi connectivity index (χ1v) is 24.7. The smallest absolute Gasteiger partial charge is 0.260 e. The molecular formula is C60H49B2NO2S. The lowest BCUT2D eigenvalue weighted by Gasteiger charge is -2.50. The maximum absolute atomic E-state index is 7.35. The van der Waals surface area contributed by atoms with Crippen molar-refractivity contribution in [2.24, 2.45) is 0 Å². The molecule has 3 nitrogen and oxygen atoms in total. The number of fused-ring (bicyclic) bond motifs is 6. The first kappa shape index (κ1) is 40.4. The fourth-order valence-electron chi connectivity index (χ4n) is 11.7. The topological polar surface area (TPSA) is 21.7 Å². The zero-order chi connectivity index (χ0) is 44.8. The minimum atomic E-state index is -1.91. The normalized spacial score (nSPS) is 14.1. The van der Waals surface area contributed by atoms with Gasteiger partial charge in [0, 0.05) is 37.2 Å². The van der Waals surface area contributed by atoms with E-state index in [1.807, 2.05) is 0 Å². The molecule has 0 fully saturated rings. The van der Waals surface area contributed by atoms with E-state index in [1.165, 1.54) is 69.4 Å². The highest BCUT2D eigenvalue weighted by atomic mass is 32.3. The average Bonchev–Trinajstić information content (AvgIpc) is 3.32. The quantitative estimate of drug-likeness (QED) is 0.155. The summed E-state index contributed by atoms with van der Waals surface area (Å²) >= 11 is 0. The zero-order valence-electron chi connectivity index (χ0n) is 38.2. The number of nitrogens with zero attached hydrogens (tertiary/aromatic N) is 1. The third-order valence-electron chi connectivity index (χ3n) is 14.1. The van der Waals surface area contributed by atoms with Gasteiger partial charge in [-0.25, -0.2) is 0 Å². The van der Waals surface area contributed by atoms with Crippen LogP contribution in [0.25, 0.3) is 0 Å². The number of para-hydroxylation sites is 3. The van der Waals surface area contributed by atoms with Gasteiger partial charge in [-0.05, 0) is 113 Å². The Kier molecular flexibility index (Phi) is 9.48. The number of hydrogen-bond acceptors (Lipinski definition) is 3. The molecule has 0 aliphatic carbocycles. The standard InChI is InChI=1S/C60H49B2NO2S/c1-38-31-40(3)58(41(4)32-38)61(59-42(5)33-39(2)34-43(59)6)44-29-30-49-53(35-44)65-55-37-45(36-54-60(55)62(49)48-23-13-16-26-52(48)64-54)63-50-24-14-17-27-56(50)66(46-19-9-7-10-20-46,47-21-11-8-12-22-47)57-28-18-15-25-51(57)63/h7-37H,1-6H3. The molecular weight excluding hydrogens is 820 g/mol. The molecule has 0 bridgehead atoms. The van der Waals surface area contributed by atoms with Crippen molar-refractivity contribution in [2.75, 3.05) is 4.90 Å². The van der Waals surface area contributed by atoms with Gasteiger partial charge in [0.25, 0.3) is 6.71 Å². The fourth-order valence-corrected chi connectivity index (χ4v) is 15.9. The van der Waals surface area contributed by atoms with Crippen LogP contribution >= 0.6 is 10.0 Å². The maximum Gasteiger partial charge on any atom is 0.260 e. The highest BCUT2D eigenvalue weighted by Crippen LogP contribution is 2.79. The van der Waals surface area contributed by atoms with Gasteiger partial charge in [0.1, 0.15) is 23.0 Å². The number of benzene rings is 9. The molecule has 0 saturated heterocycles. The van der Waals surface area contributed by atoms with Crippen LogP contribution in [0.2, 0.25) is 0 Å². The molecule has 0 amide bonds. The third-order valence-corrected chi connectivity index (χ3v) is 18.1. The van der Waals surface area contributed by atoms with Crippen molar-refractivity contribution in [3.05, 3.63) is 221 Å². The Balaban J connectivity index is 1.07. The summed E-state index contributed by atoms with van der Waals surface area (Å²) in [6.45, 7) is 13.4. The zero-order valence-corrected chi connectivity index (χ0v) is 39.0. The molecule has 3 heterocycles. The van der Waals surface area contributed by atoms with Gasteiger partial charge in [-0.3, -0.25) is 0 Å². The largest absolute Gasteiger partial charge is 0.458 e. The molecule has 66 heavy (non-hydrogen) atoms. The summed E-state index contributed by atoms with van der Waals surface area (Å²) in [4.78, 5) is 7.64. The molecule has 3 aliphatic heterocycles. The van der Waals surface area contributed by atoms with Gasteiger partial charge in [0.05, 0.1) is 17.1 Å².